The number of carbonyl (C=O) groups is 2. The number of hydrogen-bond acceptors (Lipinski definition) is 3. The van der Waals surface area contributed by atoms with Crippen LogP contribution < -0.4 is 16.0 Å². The molecule has 0 spiro atoms. The van der Waals surface area contributed by atoms with E-state index in [2.05, 4.69) is 22.9 Å². The van der Waals surface area contributed by atoms with Gasteiger partial charge in [0.05, 0.1) is 5.92 Å². The molecular formula is C11H20ClN3O2. The fourth-order valence-corrected chi connectivity index (χ4v) is 2.37. The molecule has 98 valence electrons. The summed E-state index contributed by atoms with van der Waals surface area (Å²) >= 11 is 0. The monoisotopic (exact) mass is 261 g/mol. The van der Waals surface area contributed by atoms with Crippen molar-refractivity contribution in [3.05, 3.63) is 0 Å². The van der Waals surface area contributed by atoms with Gasteiger partial charge >= 0.3 is 0 Å². The van der Waals surface area contributed by atoms with Gasteiger partial charge in [0.2, 0.25) is 11.8 Å². The van der Waals surface area contributed by atoms with Gasteiger partial charge in [0.25, 0.3) is 0 Å². The molecule has 17 heavy (non-hydrogen) atoms. The Bertz CT molecular complexity index is 298. The summed E-state index contributed by atoms with van der Waals surface area (Å²) in [4.78, 5) is 22.8. The lowest BCUT2D eigenvalue weighted by Gasteiger charge is -2.29. The number of piperidine rings is 1. The second-order valence-corrected chi connectivity index (χ2v) is 4.79. The molecule has 2 aliphatic rings. The smallest absolute Gasteiger partial charge is 0.225 e. The third-order valence-electron chi connectivity index (χ3n) is 3.32. The van der Waals surface area contributed by atoms with Crippen molar-refractivity contribution in [3.63, 3.8) is 0 Å². The highest BCUT2D eigenvalue weighted by Crippen LogP contribution is 2.12. The van der Waals surface area contributed by atoms with E-state index < -0.39 is 0 Å². The van der Waals surface area contributed by atoms with Crippen molar-refractivity contribution in [3.8, 4) is 0 Å². The minimum absolute atomic E-state index is 0. The summed E-state index contributed by atoms with van der Waals surface area (Å²) < 4.78 is 0. The lowest BCUT2D eigenvalue weighted by atomic mass is 9.99. The first kappa shape index (κ1) is 14.3. The van der Waals surface area contributed by atoms with Crippen LogP contribution in [0.3, 0.4) is 0 Å². The van der Waals surface area contributed by atoms with Crippen molar-refractivity contribution in [2.75, 3.05) is 13.1 Å². The summed E-state index contributed by atoms with van der Waals surface area (Å²) in [6.07, 6.45) is 2.29. The van der Waals surface area contributed by atoms with Crippen LogP contribution in [0.4, 0.5) is 0 Å². The van der Waals surface area contributed by atoms with Crippen LogP contribution in [0.5, 0.6) is 0 Å². The van der Waals surface area contributed by atoms with Gasteiger partial charge in [-0.15, -0.1) is 12.4 Å². The maximum Gasteiger partial charge on any atom is 0.225 e. The van der Waals surface area contributed by atoms with E-state index >= 15 is 0 Å². The van der Waals surface area contributed by atoms with Gasteiger partial charge in [-0.2, -0.15) is 0 Å². The standard InChI is InChI=1S/C11H19N3O2.ClH/c1-7-4-9(2-3-12-7)14-11(16)8-5-10(15)13-6-8;/h7-9,12H,2-6H2,1H3,(H,13,15)(H,14,16);1H. The first-order chi connectivity index (χ1) is 7.65. The van der Waals surface area contributed by atoms with Crippen LogP contribution in [0.15, 0.2) is 0 Å². The van der Waals surface area contributed by atoms with Gasteiger partial charge in [-0.1, -0.05) is 0 Å². The summed E-state index contributed by atoms with van der Waals surface area (Å²) in [5.41, 5.74) is 0. The van der Waals surface area contributed by atoms with Crippen LogP contribution in [-0.2, 0) is 9.59 Å². The molecule has 2 aliphatic heterocycles. The van der Waals surface area contributed by atoms with Gasteiger partial charge in [0.1, 0.15) is 0 Å². The molecule has 0 radical (unpaired) electrons. The summed E-state index contributed by atoms with van der Waals surface area (Å²) in [5.74, 6) is -0.158. The van der Waals surface area contributed by atoms with E-state index in [0.29, 0.717) is 19.0 Å². The molecule has 0 aliphatic carbocycles. The Morgan fingerprint density at radius 1 is 1.47 bits per heavy atom. The first-order valence-electron chi connectivity index (χ1n) is 5.95. The van der Waals surface area contributed by atoms with E-state index in [1.165, 1.54) is 0 Å². The summed E-state index contributed by atoms with van der Waals surface area (Å²) in [7, 11) is 0. The van der Waals surface area contributed by atoms with E-state index in [1.807, 2.05) is 0 Å². The Balaban J connectivity index is 0.00000144. The van der Waals surface area contributed by atoms with E-state index in [-0.39, 0.29) is 36.2 Å². The average Bonchev–Trinajstić information content (AvgIpc) is 2.65. The van der Waals surface area contributed by atoms with Gasteiger partial charge in [-0.3, -0.25) is 9.59 Å². The highest BCUT2D eigenvalue weighted by molar-refractivity contribution is 5.89. The molecule has 0 aromatic carbocycles. The van der Waals surface area contributed by atoms with Crippen LogP contribution in [0.2, 0.25) is 0 Å². The quantitative estimate of drug-likeness (QED) is 0.645. The number of nitrogens with one attached hydrogen (secondary N) is 3. The van der Waals surface area contributed by atoms with Crippen LogP contribution in [0, 0.1) is 5.92 Å². The number of hydrogen-bond donors (Lipinski definition) is 3. The highest BCUT2D eigenvalue weighted by atomic mass is 35.5. The van der Waals surface area contributed by atoms with Gasteiger partial charge < -0.3 is 16.0 Å². The SMILES string of the molecule is CC1CC(NC(=O)C2CNC(=O)C2)CCN1.Cl. The summed E-state index contributed by atoms with van der Waals surface area (Å²) in [5, 5.41) is 9.07. The zero-order valence-electron chi connectivity index (χ0n) is 9.99. The predicted molar refractivity (Wildman–Crippen MR) is 67.0 cm³/mol. The van der Waals surface area contributed by atoms with Gasteiger partial charge in [-0.25, -0.2) is 0 Å². The third kappa shape index (κ3) is 3.85. The zero-order chi connectivity index (χ0) is 11.5. The molecule has 6 heteroatoms. The second-order valence-electron chi connectivity index (χ2n) is 4.79. The third-order valence-corrected chi connectivity index (χ3v) is 3.32. The molecule has 5 nitrogen and oxygen atoms in total. The Morgan fingerprint density at radius 2 is 2.24 bits per heavy atom. The van der Waals surface area contributed by atoms with Crippen molar-refractivity contribution in [1.82, 2.24) is 16.0 Å². The van der Waals surface area contributed by atoms with Crippen molar-refractivity contribution in [2.24, 2.45) is 5.92 Å². The number of carbonyl (C=O) groups excluding carboxylic acids is 2. The molecule has 2 heterocycles. The van der Waals surface area contributed by atoms with Gasteiger partial charge in [0.15, 0.2) is 0 Å². The van der Waals surface area contributed by atoms with Crippen molar-refractivity contribution >= 4 is 24.2 Å². The second kappa shape index (κ2) is 6.21. The normalized spacial score (nSPS) is 32.5. The zero-order valence-corrected chi connectivity index (χ0v) is 10.8. The molecule has 0 aromatic rings. The lowest BCUT2D eigenvalue weighted by Crippen LogP contribution is -2.48. The van der Waals surface area contributed by atoms with Gasteiger partial charge in [0, 0.05) is 25.0 Å². The topological polar surface area (TPSA) is 70.2 Å². The fourth-order valence-electron chi connectivity index (χ4n) is 2.37. The molecule has 0 saturated carbocycles. The summed E-state index contributed by atoms with van der Waals surface area (Å²) in [6, 6.07) is 0.724. The number of halogens is 1. The molecule has 2 saturated heterocycles. The molecule has 3 unspecified atom stereocenters. The van der Waals surface area contributed by atoms with E-state index in [9.17, 15) is 9.59 Å². The Kier molecular flexibility index (Phi) is 5.21. The van der Waals surface area contributed by atoms with Crippen LogP contribution in [0.1, 0.15) is 26.2 Å². The van der Waals surface area contributed by atoms with E-state index in [4.69, 9.17) is 0 Å². The maximum atomic E-state index is 11.8. The molecule has 2 fully saturated rings. The van der Waals surface area contributed by atoms with E-state index in [1.54, 1.807) is 0 Å². The average molecular weight is 262 g/mol. The Labute approximate surface area is 108 Å². The van der Waals surface area contributed by atoms with Crippen molar-refractivity contribution in [2.45, 2.75) is 38.3 Å². The van der Waals surface area contributed by atoms with E-state index in [0.717, 1.165) is 19.4 Å². The lowest BCUT2D eigenvalue weighted by molar-refractivity contribution is -0.127. The molecule has 3 N–H and O–H groups in total. The Morgan fingerprint density at radius 3 is 2.82 bits per heavy atom. The minimum atomic E-state index is -0.169. The predicted octanol–water partition coefficient (Wildman–Crippen LogP) is -0.199. The number of rotatable bonds is 2. The Hall–Kier alpha value is -0.810. The molecule has 2 rings (SSSR count). The van der Waals surface area contributed by atoms with Crippen molar-refractivity contribution in [1.29, 1.82) is 0 Å². The first-order valence-corrected chi connectivity index (χ1v) is 5.95. The minimum Gasteiger partial charge on any atom is -0.355 e. The van der Waals surface area contributed by atoms with Crippen LogP contribution in [0.25, 0.3) is 0 Å². The molecule has 2 amide bonds. The maximum absolute atomic E-state index is 11.8. The number of amides is 2. The molecular weight excluding hydrogens is 242 g/mol. The van der Waals surface area contributed by atoms with Crippen LogP contribution in [-0.4, -0.2) is 37.0 Å². The van der Waals surface area contributed by atoms with Crippen molar-refractivity contribution < 1.29 is 9.59 Å². The summed E-state index contributed by atoms with van der Waals surface area (Å²) in [6.45, 7) is 3.57. The molecule has 0 aromatic heterocycles. The largest absolute Gasteiger partial charge is 0.355 e. The van der Waals surface area contributed by atoms with Crippen LogP contribution >= 0.6 is 12.4 Å². The molecule has 0 bridgehead atoms. The molecule has 3 atom stereocenters. The van der Waals surface area contributed by atoms with Gasteiger partial charge in [-0.05, 0) is 26.3 Å². The fraction of sp³-hybridized carbons (Fsp3) is 0.818. The highest BCUT2D eigenvalue weighted by Gasteiger charge is 2.30.